The molecule has 0 amide bonds. The van der Waals surface area contributed by atoms with Crippen LogP contribution in [0.1, 0.15) is 18.4 Å². The molecule has 1 fully saturated rings. The van der Waals surface area contributed by atoms with Gasteiger partial charge in [0.25, 0.3) is 0 Å². The summed E-state index contributed by atoms with van der Waals surface area (Å²) in [6.45, 7) is 3.43. The van der Waals surface area contributed by atoms with E-state index in [-0.39, 0.29) is 6.10 Å². The molecule has 0 aliphatic carbocycles. The standard InChI is InChI=1S/C22H26N4O3S/c1-15-12-16(26-30(2,3)27)13-19-21(15)22(24-14-23-19)25-18-6-4-5-7-20(18)29-17-8-10-28-11-9-17/h4-7,12-14,17H,8-11H2,1-3H3,(H,23,24,25). The zero-order chi connectivity index (χ0) is 21.1. The van der Waals surface area contributed by atoms with Crippen molar-refractivity contribution < 1.29 is 13.7 Å². The van der Waals surface area contributed by atoms with Crippen LogP contribution in [0.3, 0.4) is 0 Å². The first kappa shape index (κ1) is 20.6. The van der Waals surface area contributed by atoms with E-state index >= 15 is 0 Å². The lowest BCUT2D eigenvalue weighted by atomic mass is 10.1. The maximum absolute atomic E-state index is 12.1. The molecule has 1 aromatic heterocycles. The molecule has 0 radical (unpaired) electrons. The normalized spacial score (nSPS) is 15.2. The Morgan fingerprint density at radius 2 is 1.93 bits per heavy atom. The van der Waals surface area contributed by atoms with Crippen molar-refractivity contribution >= 4 is 37.8 Å². The average molecular weight is 427 g/mol. The lowest BCUT2D eigenvalue weighted by molar-refractivity contribution is 0.0258. The van der Waals surface area contributed by atoms with Gasteiger partial charge in [-0.05, 0) is 36.8 Å². The van der Waals surface area contributed by atoms with Crippen molar-refractivity contribution in [3.63, 3.8) is 0 Å². The Kier molecular flexibility index (Phi) is 5.87. The molecule has 1 aliphatic heterocycles. The summed E-state index contributed by atoms with van der Waals surface area (Å²) < 4.78 is 28.1. The first-order chi connectivity index (χ1) is 14.4. The minimum Gasteiger partial charge on any atom is -0.488 e. The largest absolute Gasteiger partial charge is 0.488 e. The Labute approximate surface area is 177 Å². The topological polar surface area (TPSA) is 85.7 Å². The van der Waals surface area contributed by atoms with E-state index < -0.39 is 9.73 Å². The number of aryl methyl sites for hydroxylation is 1. The fraction of sp³-hybridized carbons (Fsp3) is 0.364. The number of benzene rings is 2. The van der Waals surface area contributed by atoms with Crippen molar-refractivity contribution in [2.24, 2.45) is 4.36 Å². The number of nitrogens with one attached hydrogen (secondary N) is 1. The van der Waals surface area contributed by atoms with Crippen LogP contribution in [0, 0.1) is 6.92 Å². The van der Waals surface area contributed by atoms with Crippen molar-refractivity contribution in [3.8, 4) is 5.75 Å². The van der Waals surface area contributed by atoms with E-state index in [9.17, 15) is 4.21 Å². The smallest absolute Gasteiger partial charge is 0.143 e. The molecular weight excluding hydrogens is 400 g/mol. The second-order valence-electron chi connectivity index (χ2n) is 7.70. The Morgan fingerprint density at radius 1 is 1.17 bits per heavy atom. The van der Waals surface area contributed by atoms with Gasteiger partial charge >= 0.3 is 0 Å². The Hall–Kier alpha value is -2.71. The van der Waals surface area contributed by atoms with Gasteiger partial charge in [-0.2, -0.15) is 4.36 Å². The van der Waals surface area contributed by atoms with Gasteiger partial charge in [0.15, 0.2) is 0 Å². The second kappa shape index (κ2) is 8.57. The number of fused-ring (bicyclic) bond motifs is 1. The van der Waals surface area contributed by atoms with Gasteiger partial charge in [-0.1, -0.05) is 12.1 Å². The minimum atomic E-state index is -2.25. The third kappa shape index (κ3) is 4.88. The predicted molar refractivity (Wildman–Crippen MR) is 121 cm³/mol. The van der Waals surface area contributed by atoms with Crippen molar-refractivity contribution in [1.82, 2.24) is 9.97 Å². The molecular formula is C22H26N4O3S. The Bertz CT molecular complexity index is 1170. The highest BCUT2D eigenvalue weighted by Gasteiger charge is 2.17. The van der Waals surface area contributed by atoms with Crippen molar-refractivity contribution in [2.45, 2.75) is 25.9 Å². The van der Waals surface area contributed by atoms with Gasteiger partial charge in [0.05, 0.1) is 30.1 Å². The Balaban J connectivity index is 1.69. The third-order valence-electron chi connectivity index (χ3n) is 4.85. The molecule has 30 heavy (non-hydrogen) atoms. The summed E-state index contributed by atoms with van der Waals surface area (Å²) in [6, 6.07) is 11.6. The van der Waals surface area contributed by atoms with E-state index in [0.717, 1.165) is 54.0 Å². The number of para-hydroxylation sites is 2. The number of ether oxygens (including phenoxy) is 2. The van der Waals surface area contributed by atoms with Gasteiger partial charge in [-0.15, -0.1) is 0 Å². The summed E-state index contributed by atoms with van der Waals surface area (Å²) in [4.78, 5) is 8.87. The van der Waals surface area contributed by atoms with Crippen LogP contribution in [0.4, 0.5) is 17.2 Å². The number of rotatable bonds is 5. The monoisotopic (exact) mass is 426 g/mol. The zero-order valence-corrected chi connectivity index (χ0v) is 18.2. The van der Waals surface area contributed by atoms with Crippen molar-refractivity contribution in [2.75, 3.05) is 31.0 Å². The molecule has 1 N–H and O–H groups in total. The predicted octanol–water partition coefficient (Wildman–Crippen LogP) is 4.60. The molecule has 0 unspecified atom stereocenters. The van der Waals surface area contributed by atoms with E-state index in [0.29, 0.717) is 11.5 Å². The zero-order valence-electron chi connectivity index (χ0n) is 17.4. The van der Waals surface area contributed by atoms with E-state index in [4.69, 9.17) is 9.47 Å². The molecule has 1 saturated heterocycles. The SMILES string of the molecule is Cc1cc(N=S(C)(C)=O)cc2ncnc(Nc3ccccc3OC3CCOCC3)c12. The van der Waals surface area contributed by atoms with Crippen molar-refractivity contribution in [1.29, 1.82) is 0 Å². The van der Waals surface area contributed by atoms with Crippen molar-refractivity contribution in [3.05, 3.63) is 48.3 Å². The van der Waals surface area contributed by atoms with Crippen LogP contribution in [0.25, 0.3) is 10.9 Å². The summed E-state index contributed by atoms with van der Waals surface area (Å²) in [7, 11) is -2.25. The molecule has 1 aliphatic rings. The number of aromatic nitrogens is 2. The summed E-state index contributed by atoms with van der Waals surface area (Å²) in [6.07, 6.45) is 6.67. The maximum Gasteiger partial charge on any atom is 0.143 e. The molecule has 3 aromatic rings. The number of hydrogen-bond donors (Lipinski definition) is 1. The number of anilines is 2. The molecule has 4 rings (SSSR count). The summed E-state index contributed by atoms with van der Waals surface area (Å²) >= 11 is 0. The molecule has 2 aromatic carbocycles. The first-order valence-corrected chi connectivity index (χ1v) is 12.3. The molecule has 0 saturated carbocycles. The number of hydrogen-bond acceptors (Lipinski definition) is 7. The van der Waals surface area contributed by atoms with Crippen LogP contribution >= 0.6 is 0 Å². The fourth-order valence-corrected chi connectivity index (χ4v) is 4.16. The van der Waals surface area contributed by atoms with Gasteiger partial charge in [-0.3, -0.25) is 0 Å². The molecule has 0 spiro atoms. The summed E-state index contributed by atoms with van der Waals surface area (Å²) in [5, 5.41) is 4.32. The highest BCUT2D eigenvalue weighted by Crippen LogP contribution is 2.34. The summed E-state index contributed by atoms with van der Waals surface area (Å²) in [5.74, 6) is 1.48. The molecule has 8 heteroatoms. The van der Waals surface area contributed by atoms with E-state index in [1.165, 1.54) is 6.33 Å². The van der Waals surface area contributed by atoms with Crippen LogP contribution in [0.2, 0.25) is 0 Å². The first-order valence-electron chi connectivity index (χ1n) is 9.92. The lowest BCUT2D eigenvalue weighted by Crippen LogP contribution is -2.26. The fourth-order valence-electron chi connectivity index (χ4n) is 3.55. The average Bonchev–Trinajstić information content (AvgIpc) is 2.69. The van der Waals surface area contributed by atoms with Gasteiger partial charge in [0.1, 0.15) is 24.0 Å². The highest BCUT2D eigenvalue weighted by atomic mass is 32.2. The molecule has 158 valence electrons. The summed E-state index contributed by atoms with van der Waals surface area (Å²) in [5.41, 5.74) is 3.21. The van der Waals surface area contributed by atoms with Crippen LogP contribution in [0.15, 0.2) is 47.1 Å². The quantitative estimate of drug-likeness (QED) is 0.642. The van der Waals surface area contributed by atoms with Crippen LogP contribution < -0.4 is 10.1 Å². The van der Waals surface area contributed by atoms with Gasteiger partial charge in [-0.25, -0.2) is 14.2 Å². The second-order valence-corrected chi connectivity index (χ2v) is 10.2. The third-order valence-corrected chi connectivity index (χ3v) is 5.50. The Morgan fingerprint density at radius 3 is 2.70 bits per heavy atom. The van der Waals surface area contributed by atoms with E-state index in [1.54, 1.807) is 12.5 Å². The molecule has 2 heterocycles. The maximum atomic E-state index is 12.1. The minimum absolute atomic E-state index is 0.146. The van der Waals surface area contributed by atoms with Gasteiger partial charge < -0.3 is 14.8 Å². The van der Waals surface area contributed by atoms with Crippen LogP contribution in [0.5, 0.6) is 5.75 Å². The van der Waals surface area contributed by atoms with E-state index in [1.807, 2.05) is 43.3 Å². The molecule has 7 nitrogen and oxygen atoms in total. The molecule has 0 atom stereocenters. The lowest BCUT2D eigenvalue weighted by Gasteiger charge is -2.24. The molecule has 0 bridgehead atoms. The van der Waals surface area contributed by atoms with Crippen LogP contribution in [-0.2, 0) is 14.5 Å². The van der Waals surface area contributed by atoms with Crippen LogP contribution in [-0.4, -0.2) is 46.0 Å². The van der Waals surface area contributed by atoms with Gasteiger partial charge in [0.2, 0.25) is 0 Å². The highest BCUT2D eigenvalue weighted by molar-refractivity contribution is 7.92. The van der Waals surface area contributed by atoms with E-state index in [2.05, 4.69) is 19.6 Å². The number of nitrogens with zero attached hydrogens (tertiary/aromatic N) is 3. The van der Waals surface area contributed by atoms with Gasteiger partial charge in [0, 0.05) is 40.5 Å².